The van der Waals surface area contributed by atoms with Gasteiger partial charge in [0.05, 0.1) is 13.1 Å². The summed E-state index contributed by atoms with van der Waals surface area (Å²) in [6, 6.07) is 31.5. The lowest BCUT2D eigenvalue weighted by Crippen LogP contribution is -2.50. The maximum Gasteiger partial charge on any atom is 0.238 e. The first kappa shape index (κ1) is 40.7. The molecule has 0 saturated carbocycles. The largest absolute Gasteiger partial charge is 0.384 e. The Morgan fingerprint density at radius 3 is 1.77 bits per heavy atom. The summed E-state index contributed by atoms with van der Waals surface area (Å²) in [5.74, 6) is -2.23. The Kier molecular flexibility index (Phi) is 14.1. The molecule has 1 saturated heterocycles. The van der Waals surface area contributed by atoms with Crippen molar-refractivity contribution < 1.29 is 24.0 Å². The van der Waals surface area contributed by atoms with Crippen molar-refractivity contribution in [3.63, 3.8) is 0 Å². The number of piperazine rings is 1. The number of nitrogens with zero attached hydrogens (tertiary/aromatic N) is 2. The molecule has 6 aliphatic heterocycles. The molecule has 6 bridgehead atoms. The molecule has 0 radical (unpaired) electrons. The lowest BCUT2D eigenvalue weighted by molar-refractivity contribution is -0.132. The first-order valence-corrected chi connectivity index (χ1v) is 19.6. The average Bonchev–Trinajstić information content (AvgIpc) is 3.21. The molecule has 4 aromatic rings. The SMILES string of the molecule is N=C(N)c1ccc(CNC(=O)[C@H]2CC(=O)[C@H](CC(=O)CCc3ccccc3)Cc3ccc(cc3)NC(=O)CN3CCN(CC3)CC(=O)Nc3ccc(cc3)C2)cc1. The molecule has 4 aromatic carbocycles. The molecular weight excluding hydrogens is 719 g/mol. The highest BCUT2D eigenvalue weighted by atomic mass is 16.2. The first-order chi connectivity index (χ1) is 27.6. The lowest BCUT2D eigenvalue weighted by atomic mass is 9.83. The molecule has 1 fully saturated rings. The van der Waals surface area contributed by atoms with Crippen LogP contribution in [-0.4, -0.2) is 84.2 Å². The van der Waals surface area contributed by atoms with Crippen molar-refractivity contribution in [3.05, 3.63) is 131 Å². The molecule has 12 heteroatoms. The van der Waals surface area contributed by atoms with Crippen LogP contribution in [0, 0.1) is 17.2 Å². The van der Waals surface area contributed by atoms with Crippen molar-refractivity contribution >= 4 is 46.5 Å². The number of rotatable bonds is 9. The van der Waals surface area contributed by atoms with Gasteiger partial charge in [-0.25, -0.2) is 0 Å². The van der Waals surface area contributed by atoms with Crippen molar-refractivity contribution in [3.8, 4) is 0 Å². The van der Waals surface area contributed by atoms with Crippen LogP contribution in [0.25, 0.3) is 0 Å². The summed E-state index contributed by atoms with van der Waals surface area (Å²) >= 11 is 0. The molecule has 10 rings (SSSR count). The number of Topliss-reactive ketones (excluding diaryl/α,β-unsaturated/α-hetero) is 2. The summed E-state index contributed by atoms with van der Waals surface area (Å²) in [5, 5.41) is 16.6. The highest BCUT2D eigenvalue weighted by Crippen LogP contribution is 2.24. The number of hydrogen-bond acceptors (Lipinski definition) is 8. The number of carbonyl (C=O) groups excluding carboxylic acids is 5. The maximum absolute atomic E-state index is 14.4. The number of hydrogen-bond donors (Lipinski definition) is 5. The van der Waals surface area contributed by atoms with E-state index in [1.807, 2.05) is 66.7 Å². The lowest BCUT2D eigenvalue weighted by Gasteiger charge is -2.33. The van der Waals surface area contributed by atoms with Gasteiger partial charge in [-0.1, -0.05) is 78.9 Å². The highest BCUT2D eigenvalue weighted by Gasteiger charge is 2.29. The second kappa shape index (κ2) is 19.7. The van der Waals surface area contributed by atoms with Crippen LogP contribution in [0.15, 0.2) is 103 Å². The number of ketones is 2. The molecule has 296 valence electrons. The zero-order chi connectivity index (χ0) is 40.1. The molecular formula is C45H51N7O5. The van der Waals surface area contributed by atoms with E-state index in [2.05, 4.69) is 25.8 Å². The summed E-state index contributed by atoms with van der Waals surface area (Å²) in [6.45, 7) is 3.32. The number of nitrogen functional groups attached to an aromatic ring is 1. The van der Waals surface area contributed by atoms with Gasteiger partial charge in [0.15, 0.2) is 0 Å². The van der Waals surface area contributed by atoms with E-state index in [0.29, 0.717) is 62.4 Å². The third kappa shape index (κ3) is 12.5. The van der Waals surface area contributed by atoms with Crippen molar-refractivity contribution in [1.29, 1.82) is 5.41 Å². The van der Waals surface area contributed by atoms with E-state index in [0.717, 1.165) is 22.3 Å². The van der Waals surface area contributed by atoms with Crippen molar-refractivity contribution in [2.45, 2.75) is 45.1 Å². The molecule has 6 aliphatic rings. The Bertz CT molecular complexity index is 2030. The van der Waals surface area contributed by atoms with Crippen molar-refractivity contribution in [2.75, 3.05) is 49.9 Å². The number of fused-ring (bicyclic) bond motifs is 1. The number of amides is 3. The zero-order valence-corrected chi connectivity index (χ0v) is 32.2. The van der Waals surface area contributed by atoms with Crippen LogP contribution in [-0.2, 0) is 49.8 Å². The van der Waals surface area contributed by atoms with Gasteiger partial charge >= 0.3 is 0 Å². The van der Waals surface area contributed by atoms with Crippen molar-refractivity contribution in [1.82, 2.24) is 15.1 Å². The topological polar surface area (TPSA) is 178 Å². The van der Waals surface area contributed by atoms with E-state index in [1.54, 1.807) is 36.4 Å². The number of anilines is 2. The fourth-order valence-electron chi connectivity index (χ4n) is 7.34. The fourth-order valence-corrected chi connectivity index (χ4v) is 7.34. The second-order valence-electron chi connectivity index (χ2n) is 15.1. The maximum atomic E-state index is 14.4. The second-order valence-corrected chi connectivity index (χ2v) is 15.1. The van der Waals surface area contributed by atoms with E-state index in [-0.39, 0.29) is 74.0 Å². The average molecular weight is 770 g/mol. The fraction of sp³-hybridized carbons (Fsp3) is 0.333. The van der Waals surface area contributed by atoms with E-state index in [9.17, 15) is 24.0 Å². The minimum absolute atomic E-state index is 0.0253. The van der Waals surface area contributed by atoms with Gasteiger partial charge in [-0.05, 0) is 65.8 Å². The van der Waals surface area contributed by atoms with Crippen LogP contribution in [0.4, 0.5) is 11.4 Å². The van der Waals surface area contributed by atoms with E-state index >= 15 is 0 Å². The van der Waals surface area contributed by atoms with Gasteiger partial charge in [0, 0.05) is 80.8 Å². The number of benzene rings is 4. The molecule has 0 aliphatic carbocycles. The van der Waals surface area contributed by atoms with Gasteiger partial charge < -0.3 is 21.7 Å². The Balaban J connectivity index is 1.24. The third-order valence-corrected chi connectivity index (χ3v) is 10.7. The minimum atomic E-state index is -0.738. The van der Waals surface area contributed by atoms with E-state index in [1.165, 1.54) is 0 Å². The normalized spacial score (nSPS) is 20.6. The molecule has 6 N–H and O–H groups in total. The van der Waals surface area contributed by atoms with E-state index < -0.39 is 11.8 Å². The first-order valence-electron chi connectivity index (χ1n) is 19.6. The number of carbonyl (C=O) groups is 5. The summed E-state index contributed by atoms with van der Waals surface area (Å²) < 4.78 is 0. The quantitative estimate of drug-likeness (QED) is 0.123. The van der Waals surface area contributed by atoms with Crippen LogP contribution >= 0.6 is 0 Å². The number of aryl methyl sites for hydroxylation is 1. The van der Waals surface area contributed by atoms with Crippen molar-refractivity contribution in [2.24, 2.45) is 17.6 Å². The summed E-state index contributed by atoms with van der Waals surface area (Å²) in [7, 11) is 0. The summed E-state index contributed by atoms with van der Waals surface area (Å²) in [6.07, 6.45) is 1.40. The van der Waals surface area contributed by atoms with E-state index in [4.69, 9.17) is 11.1 Å². The number of amidine groups is 1. The van der Waals surface area contributed by atoms with Gasteiger partial charge in [0.2, 0.25) is 17.7 Å². The molecule has 57 heavy (non-hydrogen) atoms. The standard InChI is InChI=1S/C45H51N7O5/c46-44(47)35-13-6-34(7-14-35)28-48-45(57)37-25-33-10-17-39(18-11-33)50-43(56)30-52-22-20-51(21-23-52)29-42(55)49-38-15-8-32(9-16-38)24-36(41(54)27-37)26-40(53)19-12-31-4-2-1-3-5-31/h1-11,13-18,36-37H,12,19-30H2,(H3,46,47)(H,48,57)(H,49,55)(H,50,56)/t36-,37+/m0/s1. The highest BCUT2D eigenvalue weighted by molar-refractivity contribution is 5.95. The summed E-state index contributed by atoms with van der Waals surface area (Å²) in [4.78, 5) is 71.8. The van der Waals surface area contributed by atoms with Crippen LogP contribution in [0.3, 0.4) is 0 Å². The summed E-state index contributed by atoms with van der Waals surface area (Å²) in [5.41, 5.74) is 11.0. The van der Waals surface area contributed by atoms with Gasteiger partial charge in [-0.15, -0.1) is 0 Å². The molecule has 2 atom stereocenters. The van der Waals surface area contributed by atoms with Gasteiger partial charge in [-0.2, -0.15) is 0 Å². The van der Waals surface area contributed by atoms with Gasteiger partial charge in [0.1, 0.15) is 17.4 Å². The zero-order valence-electron chi connectivity index (χ0n) is 32.2. The van der Waals surface area contributed by atoms with Crippen LogP contribution in [0.2, 0.25) is 0 Å². The van der Waals surface area contributed by atoms with Gasteiger partial charge in [-0.3, -0.25) is 39.2 Å². The molecule has 12 nitrogen and oxygen atoms in total. The van der Waals surface area contributed by atoms with Gasteiger partial charge in [0.25, 0.3) is 0 Å². The molecule has 0 unspecified atom stereocenters. The Morgan fingerprint density at radius 1 is 0.684 bits per heavy atom. The van der Waals surface area contributed by atoms with Crippen LogP contribution in [0.1, 0.15) is 47.1 Å². The predicted molar refractivity (Wildman–Crippen MR) is 221 cm³/mol. The number of nitrogens with one attached hydrogen (secondary N) is 4. The molecule has 0 spiro atoms. The Hall–Kier alpha value is -5.98. The smallest absolute Gasteiger partial charge is 0.238 e. The Morgan fingerprint density at radius 2 is 1.23 bits per heavy atom. The number of nitrogens with two attached hydrogens (primary N) is 1. The molecule has 3 amide bonds. The minimum Gasteiger partial charge on any atom is -0.384 e. The van der Waals surface area contributed by atoms with Crippen LogP contribution < -0.4 is 21.7 Å². The van der Waals surface area contributed by atoms with Crippen LogP contribution in [0.5, 0.6) is 0 Å². The third-order valence-electron chi connectivity index (χ3n) is 10.7. The monoisotopic (exact) mass is 769 g/mol. The Labute approximate surface area is 333 Å². The molecule has 0 aromatic heterocycles. The molecule has 6 heterocycles. The predicted octanol–water partition coefficient (Wildman–Crippen LogP) is 4.36.